The molecule has 0 amide bonds. The number of aromatic nitrogens is 2. The van der Waals surface area contributed by atoms with Gasteiger partial charge in [0.15, 0.2) is 0 Å². The molecular weight excluding hydrogens is 375 g/mol. The fraction of sp³-hybridized carbons (Fsp3) is 0.368. The Morgan fingerprint density at radius 2 is 1.81 bits per heavy atom. The van der Waals surface area contributed by atoms with Gasteiger partial charge in [0.2, 0.25) is 11.7 Å². The number of rotatable bonds is 5. The molecule has 144 valence electrons. The summed E-state index contributed by atoms with van der Waals surface area (Å²) in [6.45, 7) is 6.80. The molecule has 1 atom stereocenters. The average Bonchev–Trinajstić information content (AvgIpc) is 3.25. The molecule has 0 aliphatic heterocycles. The van der Waals surface area contributed by atoms with Crippen molar-refractivity contribution in [1.29, 1.82) is 0 Å². The Hall–Kier alpha value is -2.19. The molecule has 2 heterocycles. The third kappa shape index (κ3) is 4.75. The normalized spacial score (nSPS) is 13.7. The lowest BCUT2D eigenvalue weighted by Gasteiger charge is -2.30. The minimum atomic E-state index is -4.37. The molecular formula is C19H20F3N3OS. The number of nitrogens with zero attached hydrogens (tertiary/aromatic N) is 2. The lowest BCUT2D eigenvalue weighted by molar-refractivity contribution is -0.137. The molecule has 1 N–H and O–H groups in total. The van der Waals surface area contributed by atoms with Crippen molar-refractivity contribution in [2.75, 3.05) is 0 Å². The summed E-state index contributed by atoms with van der Waals surface area (Å²) in [4.78, 5) is 5.50. The molecule has 4 nitrogen and oxygen atoms in total. The second kappa shape index (κ2) is 7.44. The summed E-state index contributed by atoms with van der Waals surface area (Å²) in [5, 5.41) is 9.35. The summed E-state index contributed by atoms with van der Waals surface area (Å²) in [6.07, 6.45) is -4.37. The average molecular weight is 395 g/mol. The molecule has 3 rings (SSSR count). The van der Waals surface area contributed by atoms with Crippen molar-refractivity contribution in [2.45, 2.75) is 39.5 Å². The monoisotopic (exact) mass is 395 g/mol. The lowest BCUT2D eigenvalue weighted by atomic mass is 9.86. The third-order valence-electron chi connectivity index (χ3n) is 4.09. The van der Waals surface area contributed by atoms with Crippen molar-refractivity contribution in [2.24, 2.45) is 5.41 Å². The zero-order valence-corrected chi connectivity index (χ0v) is 16.0. The van der Waals surface area contributed by atoms with Crippen LogP contribution >= 0.6 is 11.3 Å². The molecule has 2 aromatic heterocycles. The van der Waals surface area contributed by atoms with Gasteiger partial charge >= 0.3 is 6.18 Å². The van der Waals surface area contributed by atoms with Gasteiger partial charge in [-0.1, -0.05) is 44.1 Å². The SMILES string of the molecule is CC(C)(C)C(NCc1nc(-c2ccc(C(F)(F)F)cc2)no1)c1cccs1. The molecule has 0 saturated carbocycles. The van der Waals surface area contributed by atoms with E-state index < -0.39 is 11.7 Å². The van der Waals surface area contributed by atoms with E-state index in [0.717, 1.165) is 12.1 Å². The highest BCUT2D eigenvalue weighted by molar-refractivity contribution is 7.10. The minimum absolute atomic E-state index is 0.0128. The van der Waals surface area contributed by atoms with E-state index in [1.807, 2.05) is 11.4 Å². The van der Waals surface area contributed by atoms with E-state index >= 15 is 0 Å². The summed E-state index contributed by atoms with van der Waals surface area (Å²) in [5.74, 6) is 0.652. The second-order valence-corrected chi connectivity index (χ2v) is 8.26. The maximum Gasteiger partial charge on any atom is 0.416 e. The van der Waals surface area contributed by atoms with Crippen LogP contribution in [0.15, 0.2) is 46.3 Å². The van der Waals surface area contributed by atoms with Crippen molar-refractivity contribution in [3.05, 3.63) is 58.1 Å². The molecule has 0 aliphatic rings. The quantitative estimate of drug-likeness (QED) is 0.603. The smallest absolute Gasteiger partial charge is 0.338 e. The number of halogens is 3. The van der Waals surface area contributed by atoms with E-state index in [1.54, 1.807) is 11.3 Å². The number of nitrogens with one attached hydrogen (secondary N) is 1. The number of hydrogen-bond donors (Lipinski definition) is 1. The van der Waals surface area contributed by atoms with Crippen molar-refractivity contribution >= 4 is 11.3 Å². The van der Waals surface area contributed by atoms with Crippen LogP contribution < -0.4 is 5.32 Å². The topological polar surface area (TPSA) is 51.0 Å². The van der Waals surface area contributed by atoms with Gasteiger partial charge in [0, 0.05) is 16.5 Å². The highest BCUT2D eigenvalue weighted by Gasteiger charge is 2.30. The second-order valence-electron chi connectivity index (χ2n) is 7.28. The molecule has 0 spiro atoms. The van der Waals surface area contributed by atoms with Crippen molar-refractivity contribution in [1.82, 2.24) is 15.5 Å². The van der Waals surface area contributed by atoms with Crippen LogP contribution in [-0.2, 0) is 12.7 Å². The molecule has 0 radical (unpaired) electrons. The Morgan fingerprint density at radius 3 is 2.37 bits per heavy atom. The highest BCUT2D eigenvalue weighted by Crippen LogP contribution is 2.35. The van der Waals surface area contributed by atoms with Gasteiger partial charge in [0.25, 0.3) is 0 Å². The molecule has 0 saturated heterocycles. The van der Waals surface area contributed by atoms with Gasteiger partial charge in [0.05, 0.1) is 12.1 Å². The van der Waals surface area contributed by atoms with Gasteiger partial charge in [-0.2, -0.15) is 18.2 Å². The standard InChI is InChI=1S/C19H20F3N3OS/c1-18(2,3)16(14-5-4-10-27-14)23-11-15-24-17(25-26-15)12-6-8-13(9-7-12)19(20,21)22/h4-10,16,23H,11H2,1-3H3. The summed E-state index contributed by atoms with van der Waals surface area (Å²) in [6, 6.07) is 8.90. The van der Waals surface area contributed by atoms with E-state index in [9.17, 15) is 13.2 Å². The number of alkyl halides is 3. The van der Waals surface area contributed by atoms with Crippen LogP contribution in [0.4, 0.5) is 13.2 Å². The maximum atomic E-state index is 12.7. The third-order valence-corrected chi connectivity index (χ3v) is 5.03. The molecule has 1 aromatic carbocycles. The van der Waals surface area contributed by atoms with Gasteiger partial charge in [-0.15, -0.1) is 11.3 Å². The van der Waals surface area contributed by atoms with Crippen LogP contribution in [0.25, 0.3) is 11.4 Å². The fourth-order valence-electron chi connectivity index (χ4n) is 2.73. The molecule has 0 aliphatic carbocycles. The van der Waals surface area contributed by atoms with E-state index in [2.05, 4.69) is 42.3 Å². The Labute approximate surface area is 159 Å². The number of thiophene rings is 1. The van der Waals surface area contributed by atoms with Crippen LogP contribution in [0, 0.1) is 5.41 Å². The summed E-state index contributed by atoms with van der Waals surface area (Å²) in [7, 11) is 0. The van der Waals surface area contributed by atoms with Gasteiger partial charge < -0.3 is 9.84 Å². The lowest BCUT2D eigenvalue weighted by Crippen LogP contribution is -2.31. The summed E-state index contributed by atoms with van der Waals surface area (Å²) >= 11 is 1.68. The zero-order chi connectivity index (χ0) is 19.7. The van der Waals surface area contributed by atoms with Crippen LogP contribution in [0.3, 0.4) is 0 Å². The van der Waals surface area contributed by atoms with Crippen LogP contribution in [-0.4, -0.2) is 10.1 Å². The van der Waals surface area contributed by atoms with Crippen molar-refractivity contribution in [3.8, 4) is 11.4 Å². The van der Waals surface area contributed by atoms with Crippen LogP contribution in [0.2, 0.25) is 0 Å². The predicted molar refractivity (Wildman–Crippen MR) is 98.1 cm³/mol. The minimum Gasteiger partial charge on any atom is -0.338 e. The van der Waals surface area contributed by atoms with E-state index in [0.29, 0.717) is 18.0 Å². The van der Waals surface area contributed by atoms with E-state index in [1.165, 1.54) is 17.0 Å². The Kier molecular flexibility index (Phi) is 5.39. The first-order chi connectivity index (χ1) is 12.6. The van der Waals surface area contributed by atoms with Crippen LogP contribution in [0.1, 0.15) is 43.1 Å². The number of benzene rings is 1. The highest BCUT2D eigenvalue weighted by atomic mass is 32.1. The van der Waals surface area contributed by atoms with Crippen LogP contribution in [0.5, 0.6) is 0 Å². The predicted octanol–water partition coefficient (Wildman–Crippen LogP) is 5.69. The number of hydrogen-bond acceptors (Lipinski definition) is 5. The first-order valence-corrected chi connectivity index (χ1v) is 9.29. The van der Waals surface area contributed by atoms with Gasteiger partial charge in [-0.25, -0.2) is 0 Å². The van der Waals surface area contributed by atoms with Gasteiger partial charge in [-0.3, -0.25) is 0 Å². The molecule has 27 heavy (non-hydrogen) atoms. The Balaban J connectivity index is 1.70. The largest absolute Gasteiger partial charge is 0.416 e. The van der Waals surface area contributed by atoms with E-state index in [-0.39, 0.29) is 17.3 Å². The van der Waals surface area contributed by atoms with Crippen molar-refractivity contribution in [3.63, 3.8) is 0 Å². The maximum absolute atomic E-state index is 12.7. The van der Waals surface area contributed by atoms with Gasteiger partial charge in [0.1, 0.15) is 0 Å². The van der Waals surface area contributed by atoms with Crippen molar-refractivity contribution < 1.29 is 17.7 Å². The fourth-order valence-corrected chi connectivity index (χ4v) is 3.78. The molecule has 3 aromatic rings. The Morgan fingerprint density at radius 1 is 1.11 bits per heavy atom. The molecule has 8 heteroatoms. The molecule has 0 bridgehead atoms. The molecule has 1 unspecified atom stereocenters. The summed E-state index contributed by atoms with van der Waals surface area (Å²) in [5.41, 5.74) is -0.245. The molecule has 0 fully saturated rings. The van der Waals surface area contributed by atoms with Gasteiger partial charge in [-0.05, 0) is 29.0 Å². The zero-order valence-electron chi connectivity index (χ0n) is 15.2. The summed E-state index contributed by atoms with van der Waals surface area (Å²) < 4.78 is 43.2. The first kappa shape index (κ1) is 19.6. The Bertz CT molecular complexity index is 865. The van der Waals surface area contributed by atoms with E-state index in [4.69, 9.17) is 4.52 Å². The first-order valence-electron chi connectivity index (χ1n) is 8.41.